The van der Waals surface area contributed by atoms with Gasteiger partial charge >= 0.3 is 0 Å². The van der Waals surface area contributed by atoms with Crippen molar-refractivity contribution >= 4 is 23.9 Å². The molecule has 6 nitrogen and oxygen atoms in total. The monoisotopic (exact) mass is 524 g/mol. The van der Waals surface area contributed by atoms with Crippen LogP contribution in [0.15, 0.2) is 46.2 Å². The molecule has 0 aromatic heterocycles. The third-order valence-electron chi connectivity index (χ3n) is 5.31. The predicted molar refractivity (Wildman–Crippen MR) is 149 cm³/mol. The molecule has 2 aromatic rings. The van der Waals surface area contributed by atoms with E-state index >= 15 is 0 Å². The molecule has 0 bridgehead atoms. The van der Waals surface area contributed by atoms with Crippen LogP contribution in [0, 0.1) is 0 Å². The lowest BCUT2D eigenvalue weighted by atomic mass is 10.1. The van der Waals surface area contributed by atoms with Gasteiger partial charge in [-0.2, -0.15) is 0 Å². The molecule has 198 valence electrons. The Morgan fingerprint density at radius 2 is 1.09 bits per heavy atom. The van der Waals surface area contributed by atoms with E-state index in [2.05, 4.69) is 15.5 Å². The van der Waals surface area contributed by atoms with Gasteiger partial charge in [0.15, 0.2) is 23.0 Å². The first-order valence-corrected chi connectivity index (χ1v) is 14.3. The smallest absolute Gasteiger partial charge is 0.158 e. The molecular weight excluding hydrogens is 480 g/mol. The van der Waals surface area contributed by atoms with Crippen LogP contribution in [0.2, 0.25) is 0 Å². The predicted octanol–water partition coefficient (Wildman–Crippen LogP) is 7.62. The first-order chi connectivity index (χ1) is 16.9. The zero-order chi connectivity index (χ0) is 26.1. The van der Waals surface area contributed by atoms with Crippen molar-refractivity contribution in [2.45, 2.75) is 81.9 Å². The minimum atomic E-state index is -0.118. The van der Waals surface area contributed by atoms with Crippen LogP contribution in [0.4, 0.5) is 0 Å². The van der Waals surface area contributed by atoms with E-state index in [1.54, 1.807) is 30.1 Å². The molecule has 35 heavy (non-hydrogen) atoms. The lowest BCUT2D eigenvalue weighted by molar-refractivity contribution is 0.399. The van der Waals surface area contributed by atoms with Crippen molar-refractivity contribution in [3.05, 3.63) is 36.4 Å². The van der Waals surface area contributed by atoms with Crippen molar-refractivity contribution in [2.24, 2.45) is 0 Å². The maximum absolute atomic E-state index is 9.84. The molecule has 0 unspecified atom stereocenters. The van der Waals surface area contributed by atoms with Crippen molar-refractivity contribution in [1.29, 1.82) is 0 Å². The molecule has 0 saturated heterocycles. The van der Waals surface area contributed by atoms with E-state index in [9.17, 15) is 20.4 Å². The molecule has 0 spiro atoms. The third kappa shape index (κ3) is 13.2. The Morgan fingerprint density at radius 3 is 1.60 bits per heavy atom. The zero-order valence-corrected chi connectivity index (χ0v) is 23.4. The average Bonchev–Trinajstić information content (AvgIpc) is 2.85. The first kappa shape index (κ1) is 31.3. The molecule has 0 fully saturated rings. The maximum atomic E-state index is 9.84. The zero-order valence-electron chi connectivity index (χ0n) is 21.7. The highest BCUT2D eigenvalue weighted by atomic mass is 32.2. The molecule has 8 heteroatoms. The molecule has 0 aliphatic heterocycles. The maximum Gasteiger partial charge on any atom is 0.158 e. The Morgan fingerprint density at radius 1 is 0.600 bits per heavy atom. The first-order valence-electron chi connectivity index (χ1n) is 12.7. The third-order valence-corrected chi connectivity index (χ3v) is 7.36. The molecule has 0 aliphatic carbocycles. The van der Waals surface area contributed by atoms with Crippen LogP contribution < -0.4 is 0 Å². The normalized spacial score (nSPS) is 11.0. The second-order valence-corrected chi connectivity index (χ2v) is 10.7. The number of phenols is 4. The molecule has 0 aliphatic rings. The van der Waals surface area contributed by atoms with Gasteiger partial charge in [0.2, 0.25) is 0 Å². The lowest BCUT2D eigenvalue weighted by Crippen LogP contribution is -2.26. The quantitative estimate of drug-likeness (QED) is 0.101. The molecule has 0 radical (unpaired) electrons. The Kier molecular flexibility index (Phi) is 16.6. The number of unbranched alkanes of at least 4 members (excludes halogenated alkanes) is 7. The van der Waals surface area contributed by atoms with Gasteiger partial charge in [0.05, 0.1) is 0 Å². The summed E-state index contributed by atoms with van der Waals surface area (Å²) >= 11 is 3.11. The molecule has 2 aromatic carbocycles. The van der Waals surface area contributed by atoms with Gasteiger partial charge in [-0.15, -0.1) is 0 Å². The van der Waals surface area contributed by atoms with Crippen LogP contribution in [0.3, 0.4) is 0 Å². The number of phenolic OH excluding ortho intramolecular Hbond substituents is 4. The van der Waals surface area contributed by atoms with E-state index < -0.39 is 0 Å². The van der Waals surface area contributed by atoms with Gasteiger partial charge in [-0.3, -0.25) is 0 Å². The van der Waals surface area contributed by atoms with Gasteiger partial charge in [-0.1, -0.05) is 65.7 Å². The fourth-order valence-electron chi connectivity index (χ4n) is 3.37. The molecule has 0 amide bonds. The van der Waals surface area contributed by atoms with Gasteiger partial charge in [-0.05, 0) is 73.8 Å². The van der Waals surface area contributed by atoms with Crippen molar-refractivity contribution in [2.75, 3.05) is 26.7 Å². The number of aromatic hydroxyl groups is 4. The highest BCUT2D eigenvalue weighted by molar-refractivity contribution is 7.97. The summed E-state index contributed by atoms with van der Waals surface area (Å²) in [5.74, 6) is -0.450. The van der Waals surface area contributed by atoms with Crippen LogP contribution in [0.5, 0.6) is 23.0 Å². The van der Waals surface area contributed by atoms with Gasteiger partial charge in [0.25, 0.3) is 0 Å². The molecule has 4 N–H and O–H groups in total. The van der Waals surface area contributed by atoms with E-state index in [0.29, 0.717) is 0 Å². The highest BCUT2D eigenvalue weighted by Gasteiger charge is 2.12. The Bertz CT molecular complexity index is 839. The lowest BCUT2D eigenvalue weighted by Gasteiger charge is -2.24. The van der Waals surface area contributed by atoms with Gasteiger partial charge < -0.3 is 20.4 Å². The van der Waals surface area contributed by atoms with E-state index in [1.165, 1.54) is 69.0 Å². The number of hydrogen-bond donors (Lipinski definition) is 4. The summed E-state index contributed by atoms with van der Waals surface area (Å²) in [7, 11) is 2.00. The van der Waals surface area contributed by atoms with Gasteiger partial charge in [0, 0.05) is 29.4 Å². The van der Waals surface area contributed by atoms with Crippen molar-refractivity contribution in [3.8, 4) is 23.0 Å². The van der Waals surface area contributed by atoms with Crippen LogP contribution in [-0.2, 0) is 0 Å². The average molecular weight is 525 g/mol. The molecule has 2 rings (SSSR count). The van der Waals surface area contributed by atoms with Crippen LogP contribution in [0.25, 0.3) is 0 Å². The van der Waals surface area contributed by atoms with E-state index in [4.69, 9.17) is 0 Å². The minimum absolute atomic E-state index is 0.105. The summed E-state index contributed by atoms with van der Waals surface area (Å²) in [4.78, 5) is 1.75. The largest absolute Gasteiger partial charge is 0.504 e. The molecule has 0 atom stereocenters. The summed E-state index contributed by atoms with van der Waals surface area (Å²) in [6, 6.07) is 9.76. The van der Waals surface area contributed by atoms with Crippen molar-refractivity contribution < 1.29 is 20.4 Å². The SMILES string of the molecule is CC.CCCCCCCCCCN(CCN(C)Sc1ccc(O)c(O)c1)Sc1ccc(O)c(O)c1. The number of likely N-dealkylation sites (N-methyl/N-ethyl adjacent to an activating group) is 1. The van der Waals surface area contributed by atoms with E-state index in [-0.39, 0.29) is 23.0 Å². The second-order valence-electron chi connectivity index (χ2n) is 8.24. The Labute approximate surface area is 220 Å². The van der Waals surface area contributed by atoms with Crippen LogP contribution >= 0.6 is 23.9 Å². The molecule has 0 saturated carbocycles. The van der Waals surface area contributed by atoms with Crippen LogP contribution in [0.1, 0.15) is 72.1 Å². The summed E-state index contributed by atoms with van der Waals surface area (Å²) < 4.78 is 4.40. The van der Waals surface area contributed by atoms with Crippen molar-refractivity contribution in [3.63, 3.8) is 0 Å². The van der Waals surface area contributed by atoms with Crippen molar-refractivity contribution in [1.82, 2.24) is 8.61 Å². The fraction of sp³-hybridized carbons (Fsp3) is 0.556. The number of nitrogens with zero attached hydrogens (tertiary/aromatic N) is 2. The molecule has 0 heterocycles. The van der Waals surface area contributed by atoms with E-state index in [0.717, 1.165) is 35.8 Å². The summed E-state index contributed by atoms with van der Waals surface area (Å²) in [6.07, 6.45) is 10.2. The fourth-order valence-corrected chi connectivity index (χ4v) is 5.18. The second kappa shape index (κ2) is 18.5. The van der Waals surface area contributed by atoms with Gasteiger partial charge in [0.1, 0.15) is 0 Å². The standard InChI is InChI=1S/C25H38N2O4S2.C2H6/c1-3-4-5-6-7-8-9-10-15-27(33-21-12-14-23(29)25(31)19-21)17-16-26(2)32-20-11-13-22(28)24(30)18-20;1-2/h11-14,18-19,28-31H,3-10,15-17H2,1-2H3;1-2H3. The number of hydrogen-bond acceptors (Lipinski definition) is 8. The summed E-state index contributed by atoms with van der Waals surface area (Å²) in [5, 5.41) is 38.6. The van der Waals surface area contributed by atoms with E-state index in [1.807, 2.05) is 27.0 Å². The Balaban J connectivity index is 0.00000298. The minimum Gasteiger partial charge on any atom is -0.504 e. The highest BCUT2D eigenvalue weighted by Crippen LogP contribution is 2.33. The topological polar surface area (TPSA) is 87.4 Å². The molecular formula is C27H44N2O4S2. The number of benzene rings is 2. The Hall–Kier alpha value is -1.74. The summed E-state index contributed by atoms with van der Waals surface area (Å²) in [6.45, 7) is 8.79. The van der Waals surface area contributed by atoms with Gasteiger partial charge in [-0.25, -0.2) is 8.61 Å². The van der Waals surface area contributed by atoms with Crippen LogP contribution in [-0.4, -0.2) is 55.7 Å². The number of rotatable bonds is 16. The summed E-state index contributed by atoms with van der Waals surface area (Å²) in [5.41, 5.74) is 0.